The normalized spacial score (nSPS) is 22.0. The van der Waals surface area contributed by atoms with Gasteiger partial charge >= 0.3 is 5.97 Å². The zero-order valence-electron chi connectivity index (χ0n) is 10.9. The zero-order chi connectivity index (χ0) is 13.1. The van der Waals surface area contributed by atoms with E-state index < -0.39 is 11.6 Å². The van der Waals surface area contributed by atoms with Crippen molar-refractivity contribution in [3.05, 3.63) is 0 Å². The lowest BCUT2D eigenvalue weighted by Gasteiger charge is -2.23. The Morgan fingerprint density at radius 2 is 2.06 bits per heavy atom. The Kier molecular flexibility index (Phi) is 4.86. The number of esters is 1. The van der Waals surface area contributed by atoms with Crippen molar-refractivity contribution in [2.75, 3.05) is 5.75 Å². The van der Waals surface area contributed by atoms with E-state index >= 15 is 0 Å². The van der Waals surface area contributed by atoms with E-state index in [0.29, 0.717) is 0 Å². The lowest BCUT2D eigenvalue weighted by atomic mass is 10.2. The van der Waals surface area contributed by atoms with Gasteiger partial charge in [-0.1, -0.05) is 0 Å². The summed E-state index contributed by atoms with van der Waals surface area (Å²) in [5.41, 5.74) is -0.516. The van der Waals surface area contributed by atoms with E-state index in [1.807, 2.05) is 20.8 Å². The third kappa shape index (κ3) is 4.98. The second-order valence-corrected chi connectivity index (χ2v) is 6.58. The predicted molar refractivity (Wildman–Crippen MR) is 68.9 cm³/mol. The minimum absolute atomic E-state index is 0.000105. The molecule has 1 aliphatic rings. The molecule has 5 heteroatoms. The van der Waals surface area contributed by atoms with Gasteiger partial charge in [0, 0.05) is 0 Å². The fourth-order valence-electron chi connectivity index (χ4n) is 1.54. The van der Waals surface area contributed by atoms with Gasteiger partial charge < -0.3 is 10.1 Å². The van der Waals surface area contributed by atoms with Crippen LogP contribution in [0.25, 0.3) is 0 Å². The molecule has 0 spiro atoms. The molecule has 0 aromatic carbocycles. The quantitative estimate of drug-likeness (QED) is 0.784. The first-order valence-electron chi connectivity index (χ1n) is 5.94. The van der Waals surface area contributed by atoms with Gasteiger partial charge in [0.05, 0.1) is 5.25 Å². The van der Waals surface area contributed by atoms with E-state index in [9.17, 15) is 9.59 Å². The summed E-state index contributed by atoms with van der Waals surface area (Å²) in [7, 11) is 0. The molecule has 0 aromatic heterocycles. The van der Waals surface area contributed by atoms with Crippen molar-refractivity contribution < 1.29 is 14.3 Å². The maximum Gasteiger partial charge on any atom is 0.328 e. The summed E-state index contributed by atoms with van der Waals surface area (Å²) in [6.07, 6.45) is 1.97. The lowest BCUT2D eigenvalue weighted by molar-refractivity contribution is -0.158. The average Bonchev–Trinajstić information content (AvgIpc) is 2.67. The number of carbonyl (C=O) groups excluding carboxylic acids is 2. The Morgan fingerprint density at radius 3 is 2.53 bits per heavy atom. The highest BCUT2D eigenvalue weighted by atomic mass is 32.2. The second kappa shape index (κ2) is 5.76. The number of carbonyl (C=O) groups is 2. The topological polar surface area (TPSA) is 55.4 Å². The van der Waals surface area contributed by atoms with Crippen molar-refractivity contribution in [2.24, 2.45) is 0 Å². The molecular formula is C12H21NO3S. The summed E-state index contributed by atoms with van der Waals surface area (Å²) in [5, 5.41) is 2.71. The third-order valence-electron chi connectivity index (χ3n) is 2.34. The van der Waals surface area contributed by atoms with Crippen LogP contribution in [-0.2, 0) is 14.3 Å². The van der Waals surface area contributed by atoms with Gasteiger partial charge in [0.1, 0.15) is 11.6 Å². The zero-order valence-corrected chi connectivity index (χ0v) is 11.7. The molecule has 1 saturated heterocycles. The molecule has 17 heavy (non-hydrogen) atoms. The van der Waals surface area contributed by atoms with Crippen molar-refractivity contribution in [3.8, 4) is 0 Å². The molecule has 0 aromatic rings. The van der Waals surface area contributed by atoms with Crippen molar-refractivity contribution >= 4 is 23.6 Å². The highest BCUT2D eigenvalue weighted by Crippen LogP contribution is 2.26. The fraction of sp³-hybridized carbons (Fsp3) is 0.833. The van der Waals surface area contributed by atoms with Crippen LogP contribution in [0, 0.1) is 0 Å². The van der Waals surface area contributed by atoms with E-state index in [1.165, 1.54) is 0 Å². The van der Waals surface area contributed by atoms with Crippen LogP contribution in [0.3, 0.4) is 0 Å². The number of hydrogen-bond donors (Lipinski definition) is 1. The first-order valence-corrected chi connectivity index (χ1v) is 6.99. The Hall–Kier alpha value is -0.710. The second-order valence-electron chi connectivity index (χ2n) is 5.27. The molecular weight excluding hydrogens is 238 g/mol. The fourth-order valence-corrected chi connectivity index (χ4v) is 2.71. The molecule has 1 N–H and O–H groups in total. The molecule has 98 valence electrons. The molecule has 4 nitrogen and oxygen atoms in total. The van der Waals surface area contributed by atoms with Crippen molar-refractivity contribution in [1.29, 1.82) is 0 Å². The highest BCUT2D eigenvalue weighted by Gasteiger charge is 2.28. The summed E-state index contributed by atoms with van der Waals surface area (Å²) in [6, 6.07) is -0.581. The number of hydrogen-bond acceptors (Lipinski definition) is 4. The summed E-state index contributed by atoms with van der Waals surface area (Å²) in [6.45, 7) is 7.09. The highest BCUT2D eigenvalue weighted by molar-refractivity contribution is 8.00. The van der Waals surface area contributed by atoms with Crippen LogP contribution in [0.4, 0.5) is 0 Å². The van der Waals surface area contributed by atoms with E-state index in [1.54, 1.807) is 18.7 Å². The summed E-state index contributed by atoms with van der Waals surface area (Å²) in [5.74, 6) is 0.596. The van der Waals surface area contributed by atoms with Crippen LogP contribution >= 0.6 is 11.8 Å². The molecule has 2 atom stereocenters. The van der Waals surface area contributed by atoms with Crippen LogP contribution in [0.5, 0.6) is 0 Å². The van der Waals surface area contributed by atoms with Crippen molar-refractivity contribution in [2.45, 2.75) is 57.4 Å². The molecule has 0 bridgehead atoms. The van der Waals surface area contributed by atoms with Gasteiger partial charge in [0.2, 0.25) is 5.91 Å². The maximum absolute atomic E-state index is 11.8. The minimum Gasteiger partial charge on any atom is -0.458 e. The first-order chi connectivity index (χ1) is 7.79. The van der Waals surface area contributed by atoms with Gasteiger partial charge in [-0.2, -0.15) is 0 Å². The smallest absolute Gasteiger partial charge is 0.328 e. The van der Waals surface area contributed by atoms with Gasteiger partial charge in [0.25, 0.3) is 0 Å². The van der Waals surface area contributed by atoms with E-state index in [-0.39, 0.29) is 17.1 Å². The van der Waals surface area contributed by atoms with Gasteiger partial charge in [-0.15, -0.1) is 11.8 Å². The molecule has 1 amide bonds. The van der Waals surface area contributed by atoms with Crippen LogP contribution in [0.15, 0.2) is 0 Å². The summed E-state index contributed by atoms with van der Waals surface area (Å²) < 4.78 is 5.20. The molecule has 0 aliphatic carbocycles. The van der Waals surface area contributed by atoms with Crippen LogP contribution < -0.4 is 5.32 Å². The number of nitrogens with one attached hydrogen (secondary N) is 1. The van der Waals surface area contributed by atoms with E-state index in [2.05, 4.69) is 5.32 Å². The predicted octanol–water partition coefficient (Wildman–Crippen LogP) is 1.73. The third-order valence-corrected chi connectivity index (χ3v) is 3.72. The van der Waals surface area contributed by atoms with E-state index in [0.717, 1.165) is 18.6 Å². The number of ether oxygens (including phenoxy) is 1. The SMILES string of the molecule is C[C@H](NC(=O)C1CCCS1)C(=O)OC(C)(C)C. The summed E-state index contributed by atoms with van der Waals surface area (Å²) >= 11 is 1.65. The number of amides is 1. The molecule has 0 radical (unpaired) electrons. The van der Waals surface area contributed by atoms with Crippen LogP contribution in [-0.4, -0.2) is 34.5 Å². The largest absolute Gasteiger partial charge is 0.458 e. The van der Waals surface area contributed by atoms with Gasteiger partial charge in [-0.05, 0) is 46.3 Å². The molecule has 1 aliphatic heterocycles. The average molecular weight is 259 g/mol. The van der Waals surface area contributed by atoms with Gasteiger partial charge in [-0.25, -0.2) is 4.79 Å². The van der Waals surface area contributed by atoms with Crippen LogP contribution in [0.2, 0.25) is 0 Å². The lowest BCUT2D eigenvalue weighted by Crippen LogP contribution is -2.44. The van der Waals surface area contributed by atoms with E-state index in [4.69, 9.17) is 4.74 Å². The standard InChI is InChI=1S/C12H21NO3S/c1-8(11(15)16-12(2,3)4)13-10(14)9-6-5-7-17-9/h8-9H,5-7H2,1-4H3,(H,13,14)/t8-,9?/m0/s1. The van der Waals surface area contributed by atoms with Gasteiger partial charge in [0.15, 0.2) is 0 Å². The Bertz CT molecular complexity index is 293. The van der Waals surface area contributed by atoms with Crippen molar-refractivity contribution in [1.82, 2.24) is 5.32 Å². The van der Waals surface area contributed by atoms with Crippen molar-refractivity contribution in [3.63, 3.8) is 0 Å². The maximum atomic E-state index is 11.8. The Morgan fingerprint density at radius 1 is 1.41 bits per heavy atom. The Balaban J connectivity index is 2.40. The first kappa shape index (κ1) is 14.4. The number of thioether (sulfide) groups is 1. The molecule has 1 unspecified atom stereocenters. The minimum atomic E-state index is -0.581. The molecule has 1 fully saturated rings. The summed E-state index contributed by atoms with van der Waals surface area (Å²) in [4.78, 5) is 23.5. The molecule has 1 heterocycles. The van der Waals surface area contributed by atoms with Crippen LogP contribution in [0.1, 0.15) is 40.5 Å². The molecule has 0 saturated carbocycles. The van der Waals surface area contributed by atoms with Gasteiger partial charge in [-0.3, -0.25) is 4.79 Å². The monoisotopic (exact) mass is 259 g/mol. The molecule has 1 rings (SSSR count). The number of rotatable bonds is 3. The Labute approximate surface area is 107 Å².